The molecule has 0 aromatic carbocycles. The lowest BCUT2D eigenvalue weighted by Crippen LogP contribution is -2.59. The van der Waals surface area contributed by atoms with Gasteiger partial charge in [-0.05, 0) is 61.7 Å². The van der Waals surface area contributed by atoms with Gasteiger partial charge in [-0.2, -0.15) is 0 Å². The smallest absolute Gasteiger partial charge is 0.0200 e. The summed E-state index contributed by atoms with van der Waals surface area (Å²) >= 11 is 0. The highest BCUT2D eigenvalue weighted by Crippen LogP contribution is 2.66. The van der Waals surface area contributed by atoms with Crippen LogP contribution in [0.1, 0.15) is 33.1 Å². The molecular formula is C13H20. The maximum Gasteiger partial charge on any atom is -0.0200 e. The number of hydrogen-bond acceptors (Lipinski definition) is 0. The topological polar surface area (TPSA) is 0 Å². The van der Waals surface area contributed by atoms with Gasteiger partial charge in [0.2, 0.25) is 0 Å². The Kier molecular flexibility index (Phi) is 1.63. The summed E-state index contributed by atoms with van der Waals surface area (Å²) < 4.78 is 0. The van der Waals surface area contributed by atoms with Gasteiger partial charge in [0.25, 0.3) is 0 Å². The SMILES string of the molecule is CC=CC1CC(C)C2CC3CC1C32. The van der Waals surface area contributed by atoms with E-state index in [1.165, 1.54) is 6.42 Å². The molecule has 0 amide bonds. The molecule has 3 fully saturated rings. The first-order valence-corrected chi connectivity index (χ1v) is 5.94. The van der Waals surface area contributed by atoms with Crippen molar-refractivity contribution in [3.8, 4) is 0 Å². The van der Waals surface area contributed by atoms with Crippen molar-refractivity contribution in [2.24, 2.45) is 35.5 Å². The molecule has 0 aromatic rings. The molecule has 6 unspecified atom stereocenters. The van der Waals surface area contributed by atoms with Gasteiger partial charge in [-0.3, -0.25) is 0 Å². The second-order valence-electron chi connectivity index (χ2n) is 5.54. The van der Waals surface area contributed by atoms with Crippen LogP contribution in [0.3, 0.4) is 0 Å². The summed E-state index contributed by atoms with van der Waals surface area (Å²) in [7, 11) is 0. The lowest BCUT2D eigenvalue weighted by Gasteiger charge is -2.66. The zero-order chi connectivity index (χ0) is 9.00. The van der Waals surface area contributed by atoms with Crippen molar-refractivity contribution in [3.05, 3.63) is 12.2 Å². The minimum absolute atomic E-state index is 0.942. The minimum Gasteiger partial charge on any atom is -0.0914 e. The molecule has 3 aliphatic rings. The maximum absolute atomic E-state index is 2.48. The summed E-state index contributed by atoms with van der Waals surface area (Å²) in [6.45, 7) is 4.65. The molecule has 0 aliphatic heterocycles. The molecule has 3 rings (SSSR count). The number of rotatable bonds is 1. The van der Waals surface area contributed by atoms with Gasteiger partial charge in [0.15, 0.2) is 0 Å². The summed E-state index contributed by atoms with van der Waals surface area (Å²) in [6.07, 6.45) is 9.35. The Balaban J connectivity index is 1.79. The first kappa shape index (κ1) is 8.08. The fraction of sp³-hybridized carbons (Fsp3) is 0.846. The van der Waals surface area contributed by atoms with Gasteiger partial charge >= 0.3 is 0 Å². The maximum atomic E-state index is 2.48. The second kappa shape index (κ2) is 2.62. The third-order valence-corrected chi connectivity index (χ3v) is 5.05. The van der Waals surface area contributed by atoms with E-state index < -0.39 is 0 Å². The molecule has 13 heavy (non-hydrogen) atoms. The molecule has 0 spiro atoms. The molecule has 3 aliphatic carbocycles. The van der Waals surface area contributed by atoms with Crippen LogP contribution in [-0.2, 0) is 0 Å². The van der Waals surface area contributed by atoms with Crippen molar-refractivity contribution < 1.29 is 0 Å². The van der Waals surface area contributed by atoms with Gasteiger partial charge in [0.1, 0.15) is 0 Å². The van der Waals surface area contributed by atoms with E-state index in [1.807, 2.05) is 0 Å². The average molecular weight is 176 g/mol. The van der Waals surface area contributed by atoms with Crippen molar-refractivity contribution >= 4 is 0 Å². The molecule has 6 atom stereocenters. The van der Waals surface area contributed by atoms with Gasteiger partial charge < -0.3 is 0 Å². The van der Waals surface area contributed by atoms with Crippen LogP contribution in [0.2, 0.25) is 0 Å². The van der Waals surface area contributed by atoms with Crippen LogP contribution in [0.5, 0.6) is 0 Å². The predicted octanol–water partition coefficient (Wildman–Crippen LogP) is 3.49. The van der Waals surface area contributed by atoms with E-state index in [1.54, 1.807) is 12.8 Å². The third-order valence-electron chi connectivity index (χ3n) is 5.05. The van der Waals surface area contributed by atoms with Crippen molar-refractivity contribution in [1.82, 2.24) is 0 Å². The summed E-state index contributed by atoms with van der Waals surface area (Å²) in [5.41, 5.74) is 0. The van der Waals surface area contributed by atoms with E-state index in [9.17, 15) is 0 Å². The van der Waals surface area contributed by atoms with E-state index in [4.69, 9.17) is 0 Å². The van der Waals surface area contributed by atoms with Gasteiger partial charge in [-0.25, -0.2) is 0 Å². The first-order chi connectivity index (χ1) is 6.31. The number of allylic oxidation sites excluding steroid dienone is 2. The zero-order valence-electron chi connectivity index (χ0n) is 8.74. The van der Waals surface area contributed by atoms with Gasteiger partial charge in [0.05, 0.1) is 0 Å². The average Bonchev–Trinajstić information content (AvgIpc) is 2.05. The summed E-state index contributed by atoms with van der Waals surface area (Å²) in [5.74, 6) is 6.49. The third kappa shape index (κ3) is 0.923. The van der Waals surface area contributed by atoms with Crippen LogP contribution in [0.4, 0.5) is 0 Å². The Morgan fingerprint density at radius 2 is 1.85 bits per heavy atom. The Bertz CT molecular complexity index is 240. The first-order valence-electron chi connectivity index (χ1n) is 5.94. The molecule has 0 saturated heterocycles. The molecular weight excluding hydrogens is 156 g/mol. The molecule has 0 heteroatoms. The van der Waals surface area contributed by atoms with Gasteiger partial charge in [-0.1, -0.05) is 19.1 Å². The summed E-state index contributed by atoms with van der Waals surface area (Å²) in [5, 5.41) is 0. The largest absolute Gasteiger partial charge is 0.0914 e. The van der Waals surface area contributed by atoms with Crippen LogP contribution in [0, 0.1) is 35.5 Å². The molecule has 0 nitrogen and oxygen atoms in total. The highest BCUT2D eigenvalue weighted by atomic mass is 14.6. The lowest BCUT2D eigenvalue weighted by atomic mass is 9.39. The highest BCUT2D eigenvalue weighted by molar-refractivity contribution is 5.12. The van der Waals surface area contributed by atoms with Crippen molar-refractivity contribution in [1.29, 1.82) is 0 Å². The standard InChI is InChI=1S/C13H20/c1-3-4-9-5-8(2)11-6-10-7-12(9)13(10)11/h3-4,8-13H,5-7H2,1-2H3. The molecule has 0 N–H and O–H groups in total. The van der Waals surface area contributed by atoms with Crippen LogP contribution < -0.4 is 0 Å². The van der Waals surface area contributed by atoms with Crippen molar-refractivity contribution in [2.75, 3.05) is 0 Å². The van der Waals surface area contributed by atoms with Crippen LogP contribution in [0.25, 0.3) is 0 Å². The van der Waals surface area contributed by atoms with Crippen molar-refractivity contribution in [3.63, 3.8) is 0 Å². The highest BCUT2D eigenvalue weighted by Gasteiger charge is 2.59. The fourth-order valence-electron chi connectivity index (χ4n) is 4.37. The van der Waals surface area contributed by atoms with E-state index in [-0.39, 0.29) is 0 Å². The quantitative estimate of drug-likeness (QED) is 0.536. The molecule has 0 bridgehead atoms. The lowest BCUT2D eigenvalue weighted by molar-refractivity contribution is -0.162. The van der Waals surface area contributed by atoms with Crippen LogP contribution >= 0.6 is 0 Å². The van der Waals surface area contributed by atoms with Gasteiger partial charge in [-0.15, -0.1) is 0 Å². The van der Waals surface area contributed by atoms with E-state index in [2.05, 4.69) is 26.0 Å². The number of hydrogen-bond donors (Lipinski definition) is 0. The summed E-state index contributed by atoms with van der Waals surface area (Å²) in [6, 6.07) is 0. The van der Waals surface area contributed by atoms with Crippen LogP contribution in [-0.4, -0.2) is 0 Å². The van der Waals surface area contributed by atoms with Gasteiger partial charge in [0, 0.05) is 0 Å². The Labute approximate surface area is 81.4 Å². The molecule has 0 radical (unpaired) electrons. The minimum atomic E-state index is 0.942. The van der Waals surface area contributed by atoms with E-state index in [0.717, 1.165) is 35.5 Å². The Morgan fingerprint density at radius 3 is 2.54 bits per heavy atom. The fourth-order valence-corrected chi connectivity index (χ4v) is 4.37. The molecule has 0 aromatic heterocycles. The Morgan fingerprint density at radius 1 is 1.08 bits per heavy atom. The van der Waals surface area contributed by atoms with E-state index in [0.29, 0.717) is 0 Å². The van der Waals surface area contributed by atoms with Crippen LogP contribution in [0.15, 0.2) is 12.2 Å². The Hall–Kier alpha value is -0.260. The summed E-state index contributed by atoms with van der Waals surface area (Å²) in [4.78, 5) is 0. The molecule has 0 heterocycles. The molecule has 72 valence electrons. The predicted molar refractivity (Wildman–Crippen MR) is 55.3 cm³/mol. The molecule has 3 saturated carbocycles. The zero-order valence-corrected chi connectivity index (χ0v) is 8.74. The monoisotopic (exact) mass is 176 g/mol. The second-order valence-corrected chi connectivity index (χ2v) is 5.54. The normalized spacial score (nSPS) is 58.3. The van der Waals surface area contributed by atoms with E-state index >= 15 is 0 Å². The van der Waals surface area contributed by atoms with Crippen molar-refractivity contribution in [2.45, 2.75) is 33.1 Å².